The van der Waals surface area contributed by atoms with Crippen molar-refractivity contribution in [2.24, 2.45) is 7.05 Å². The van der Waals surface area contributed by atoms with Crippen LogP contribution in [0.5, 0.6) is 0 Å². The molecule has 2 aromatic heterocycles. The third-order valence-electron chi connectivity index (χ3n) is 5.40. The summed E-state index contributed by atoms with van der Waals surface area (Å²) in [6, 6.07) is 10.7. The lowest BCUT2D eigenvalue weighted by molar-refractivity contribution is 0.549. The largest absolute Gasteiger partial charge is 0.318 e. The lowest BCUT2D eigenvalue weighted by Crippen LogP contribution is -2.18. The van der Waals surface area contributed by atoms with Crippen LogP contribution in [0.25, 0.3) is 22.0 Å². The Labute approximate surface area is 189 Å². The molecule has 4 rings (SSSR count). The van der Waals surface area contributed by atoms with Gasteiger partial charge >= 0.3 is 0 Å². The molecule has 0 saturated heterocycles. The molecule has 2 heterocycles. The maximum Gasteiger partial charge on any atom is 0.253 e. The van der Waals surface area contributed by atoms with Crippen molar-refractivity contribution in [1.29, 1.82) is 0 Å². The fourth-order valence-electron chi connectivity index (χ4n) is 3.66. The Kier molecular flexibility index (Phi) is 5.79. The first-order chi connectivity index (χ1) is 15.6. The Morgan fingerprint density at radius 2 is 1.76 bits per heavy atom. The molecular formula is C23H22F2N4O3S. The fraction of sp³-hybridized carbons (Fsp3) is 0.217. The van der Waals surface area contributed by atoms with Gasteiger partial charge in [-0.2, -0.15) is 4.39 Å². The van der Waals surface area contributed by atoms with Crippen molar-refractivity contribution in [3.05, 3.63) is 81.9 Å². The molecule has 0 atom stereocenters. The van der Waals surface area contributed by atoms with Crippen LogP contribution in [-0.2, 0) is 23.6 Å². The van der Waals surface area contributed by atoms with Gasteiger partial charge in [-0.25, -0.2) is 12.8 Å². The molecule has 33 heavy (non-hydrogen) atoms. The van der Waals surface area contributed by atoms with Gasteiger partial charge in [0.15, 0.2) is 0 Å². The van der Waals surface area contributed by atoms with E-state index in [0.29, 0.717) is 27.8 Å². The van der Waals surface area contributed by atoms with Crippen LogP contribution < -0.4 is 10.3 Å². The predicted octanol–water partition coefficient (Wildman–Crippen LogP) is 3.80. The number of sulfonamides is 1. The highest BCUT2D eigenvalue weighted by Crippen LogP contribution is 2.34. The second kappa shape index (κ2) is 8.43. The van der Waals surface area contributed by atoms with Crippen LogP contribution in [0, 0.1) is 18.7 Å². The van der Waals surface area contributed by atoms with E-state index in [0.717, 1.165) is 0 Å². The van der Waals surface area contributed by atoms with Gasteiger partial charge < -0.3 is 4.57 Å². The third-order valence-corrected chi connectivity index (χ3v) is 6.69. The smallest absolute Gasteiger partial charge is 0.253 e. The number of nitrogens with one attached hydrogen (secondary N) is 1. The molecule has 4 aromatic rings. The molecule has 0 fully saturated rings. The Bertz CT molecular complexity index is 1500. The molecule has 0 radical (unpaired) electrons. The maximum absolute atomic E-state index is 15.0. The van der Waals surface area contributed by atoms with Gasteiger partial charge in [0.1, 0.15) is 5.82 Å². The van der Waals surface area contributed by atoms with Crippen molar-refractivity contribution in [2.75, 3.05) is 10.5 Å². The summed E-state index contributed by atoms with van der Waals surface area (Å²) in [5.41, 5.74) is 2.70. The van der Waals surface area contributed by atoms with E-state index in [4.69, 9.17) is 0 Å². The zero-order valence-electron chi connectivity index (χ0n) is 18.3. The van der Waals surface area contributed by atoms with Gasteiger partial charge in [0.25, 0.3) is 5.56 Å². The number of aryl methyl sites for hydroxylation is 2. The number of fused-ring (bicyclic) bond motifs is 1. The van der Waals surface area contributed by atoms with Gasteiger partial charge in [0, 0.05) is 18.8 Å². The Morgan fingerprint density at radius 3 is 2.39 bits per heavy atom. The number of pyridine rings is 1. The number of benzene rings is 2. The molecular weight excluding hydrogens is 450 g/mol. The van der Waals surface area contributed by atoms with E-state index in [-0.39, 0.29) is 34.7 Å². The van der Waals surface area contributed by atoms with Crippen molar-refractivity contribution in [1.82, 2.24) is 14.3 Å². The van der Waals surface area contributed by atoms with Gasteiger partial charge in [-0.05, 0) is 60.9 Å². The Balaban J connectivity index is 1.95. The predicted molar refractivity (Wildman–Crippen MR) is 124 cm³/mol. The maximum atomic E-state index is 15.0. The van der Waals surface area contributed by atoms with E-state index in [1.165, 1.54) is 34.4 Å². The quantitative estimate of drug-likeness (QED) is 0.463. The topological polar surface area (TPSA) is 86.0 Å². The lowest BCUT2D eigenvalue weighted by atomic mass is 10.0. The minimum atomic E-state index is -3.71. The van der Waals surface area contributed by atoms with Crippen molar-refractivity contribution < 1.29 is 17.2 Å². The number of nitrogens with zero attached hydrogens (tertiary/aromatic N) is 3. The highest BCUT2D eigenvalue weighted by molar-refractivity contribution is 7.92. The Morgan fingerprint density at radius 1 is 1.06 bits per heavy atom. The normalized spacial score (nSPS) is 11.8. The summed E-state index contributed by atoms with van der Waals surface area (Å²) in [5, 5.41) is 4.00. The first-order valence-electron chi connectivity index (χ1n) is 10.2. The van der Waals surface area contributed by atoms with Gasteiger partial charge in [-0.1, -0.05) is 12.1 Å². The molecule has 0 bridgehead atoms. The molecule has 10 heteroatoms. The van der Waals surface area contributed by atoms with Crippen molar-refractivity contribution in [3.63, 3.8) is 0 Å². The molecule has 0 aliphatic carbocycles. The molecule has 1 N–H and O–H groups in total. The molecule has 0 saturated carbocycles. The summed E-state index contributed by atoms with van der Waals surface area (Å²) >= 11 is 0. The first kappa shape index (κ1) is 22.7. The molecule has 0 spiro atoms. The number of anilines is 1. The monoisotopic (exact) mass is 472 g/mol. The number of hydrogen-bond acceptors (Lipinski definition) is 4. The molecule has 7 nitrogen and oxygen atoms in total. The van der Waals surface area contributed by atoms with Gasteiger partial charge in [0.2, 0.25) is 16.0 Å². The van der Waals surface area contributed by atoms with Crippen LogP contribution in [0.1, 0.15) is 18.1 Å². The standard InChI is InChI=1S/C23H22F2N4O3S/c1-4-33(31,32)27-19-10-16(17-9-14(2)23(30)28(3)13-17)11-20-21(19)22(25)26-29(20)12-15-5-7-18(24)8-6-15/h5-11,13,27H,4,12H2,1-3H3. The number of halogens is 2. The Hall–Kier alpha value is -3.53. The highest BCUT2D eigenvalue weighted by Gasteiger charge is 2.20. The van der Waals surface area contributed by atoms with Gasteiger partial charge in [-0.15, -0.1) is 5.10 Å². The van der Waals surface area contributed by atoms with E-state index in [2.05, 4.69) is 9.82 Å². The summed E-state index contributed by atoms with van der Waals surface area (Å²) in [4.78, 5) is 12.1. The van der Waals surface area contributed by atoms with Gasteiger partial charge in [0.05, 0.1) is 28.9 Å². The van der Waals surface area contributed by atoms with Crippen molar-refractivity contribution in [3.8, 4) is 11.1 Å². The van der Waals surface area contributed by atoms with Gasteiger partial charge in [-0.3, -0.25) is 14.2 Å². The second-order valence-corrected chi connectivity index (χ2v) is 9.84. The molecule has 0 unspecified atom stereocenters. The first-order valence-corrected chi connectivity index (χ1v) is 11.9. The number of aromatic nitrogens is 3. The summed E-state index contributed by atoms with van der Waals surface area (Å²) in [5.74, 6) is -1.41. The minimum absolute atomic E-state index is 0.0272. The van der Waals surface area contributed by atoms with Crippen LogP contribution in [-0.4, -0.2) is 28.5 Å². The SMILES string of the molecule is CCS(=O)(=O)Nc1cc(-c2cc(C)c(=O)n(C)c2)cc2c1c(F)nn2Cc1ccc(F)cc1. The van der Waals surface area contributed by atoms with Crippen molar-refractivity contribution >= 4 is 26.6 Å². The molecule has 0 amide bonds. The van der Waals surface area contributed by atoms with E-state index >= 15 is 0 Å². The fourth-order valence-corrected chi connectivity index (χ4v) is 4.30. The summed E-state index contributed by atoms with van der Waals surface area (Å²) in [6.07, 6.45) is 1.63. The zero-order chi connectivity index (χ0) is 23.9. The summed E-state index contributed by atoms with van der Waals surface area (Å²) in [7, 11) is -2.09. The molecule has 2 aromatic carbocycles. The molecule has 172 valence electrons. The number of hydrogen-bond donors (Lipinski definition) is 1. The van der Waals surface area contributed by atoms with E-state index < -0.39 is 16.0 Å². The highest BCUT2D eigenvalue weighted by atomic mass is 32.2. The summed E-state index contributed by atoms with van der Waals surface area (Å²) in [6.45, 7) is 3.31. The van der Waals surface area contributed by atoms with Crippen LogP contribution in [0.4, 0.5) is 14.5 Å². The van der Waals surface area contributed by atoms with E-state index in [1.54, 1.807) is 44.4 Å². The van der Waals surface area contributed by atoms with Crippen molar-refractivity contribution in [2.45, 2.75) is 20.4 Å². The minimum Gasteiger partial charge on any atom is -0.318 e. The lowest BCUT2D eigenvalue weighted by Gasteiger charge is -2.13. The molecule has 0 aliphatic rings. The average molecular weight is 473 g/mol. The second-order valence-electron chi connectivity index (χ2n) is 7.83. The van der Waals surface area contributed by atoms with Crippen LogP contribution in [0.15, 0.2) is 53.5 Å². The van der Waals surface area contributed by atoms with E-state index in [1.807, 2.05) is 0 Å². The average Bonchev–Trinajstić information content (AvgIpc) is 3.08. The molecule has 0 aliphatic heterocycles. The van der Waals surface area contributed by atoms with E-state index in [9.17, 15) is 22.0 Å². The van der Waals surface area contributed by atoms with Crippen LogP contribution >= 0.6 is 0 Å². The van der Waals surface area contributed by atoms with Crippen LogP contribution in [0.2, 0.25) is 0 Å². The summed E-state index contributed by atoms with van der Waals surface area (Å²) < 4.78 is 58.2. The number of rotatable bonds is 6. The van der Waals surface area contributed by atoms with Crippen LogP contribution in [0.3, 0.4) is 0 Å². The zero-order valence-corrected chi connectivity index (χ0v) is 19.1. The third kappa shape index (κ3) is 4.51.